The zero-order valence-corrected chi connectivity index (χ0v) is 54.7. The Labute approximate surface area is 514 Å². The van der Waals surface area contributed by atoms with Crippen LogP contribution in [0.15, 0.2) is 109 Å². The van der Waals surface area contributed by atoms with Gasteiger partial charge < -0.3 is 14.2 Å². The lowest BCUT2D eigenvalue weighted by Crippen LogP contribution is -2.30. The van der Waals surface area contributed by atoms with Gasteiger partial charge in [-0.25, -0.2) is 0 Å². The molecule has 1 atom stereocenters. The molecule has 0 bridgehead atoms. The van der Waals surface area contributed by atoms with Crippen LogP contribution in [-0.4, -0.2) is 37.2 Å². The smallest absolute Gasteiger partial charge is 0.306 e. The quantitative estimate of drug-likeness (QED) is 0.0261. The Balaban J connectivity index is 4.13. The molecule has 0 aliphatic rings. The molecule has 6 nitrogen and oxygen atoms in total. The van der Waals surface area contributed by atoms with Gasteiger partial charge in [-0.05, 0) is 103 Å². The largest absolute Gasteiger partial charge is 0.462 e. The molecule has 0 aromatic carbocycles. The molecule has 0 saturated carbocycles. The molecule has 0 radical (unpaired) electrons. The molecule has 0 rings (SSSR count). The van der Waals surface area contributed by atoms with Crippen LogP contribution in [0.5, 0.6) is 0 Å². The van der Waals surface area contributed by atoms with Crippen molar-refractivity contribution in [3.8, 4) is 0 Å². The lowest BCUT2D eigenvalue weighted by molar-refractivity contribution is -0.167. The van der Waals surface area contributed by atoms with E-state index in [2.05, 4.69) is 130 Å². The van der Waals surface area contributed by atoms with Crippen LogP contribution < -0.4 is 0 Å². The summed E-state index contributed by atoms with van der Waals surface area (Å²) >= 11 is 0. The number of esters is 3. The topological polar surface area (TPSA) is 78.9 Å². The van der Waals surface area contributed by atoms with Gasteiger partial charge in [0.2, 0.25) is 0 Å². The van der Waals surface area contributed by atoms with E-state index < -0.39 is 6.10 Å². The van der Waals surface area contributed by atoms with Crippen molar-refractivity contribution in [2.24, 2.45) is 0 Å². The highest BCUT2D eigenvalue weighted by atomic mass is 16.6. The summed E-state index contributed by atoms with van der Waals surface area (Å²) in [6.07, 6.45) is 97.1. The maximum absolute atomic E-state index is 12.9. The van der Waals surface area contributed by atoms with Crippen LogP contribution >= 0.6 is 0 Å². The maximum atomic E-state index is 12.9. The second-order valence-corrected chi connectivity index (χ2v) is 23.4. The van der Waals surface area contributed by atoms with Crippen molar-refractivity contribution in [1.82, 2.24) is 0 Å². The molecule has 0 aliphatic heterocycles. The van der Waals surface area contributed by atoms with Gasteiger partial charge in [0.05, 0.1) is 0 Å². The number of hydrogen-bond donors (Lipinski definition) is 0. The van der Waals surface area contributed by atoms with E-state index in [0.717, 1.165) is 122 Å². The Morgan fingerprint density at radius 1 is 0.253 bits per heavy atom. The van der Waals surface area contributed by atoms with Crippen LogP contribution in [0.4, 0.5) is 0 Å². The SMILES string of the molecule is CC/C=C\C/C=C\C/C=C\C/C=C\C/C=C\CCCCCC(=O)OC(COC(=O)CCCCCCCCCCCCC)COC(=O)CCCCCCCCCCCCCCCCCCCCCCCC/C=C\C/C=C\C/C=C\C/C=C\CC. The second-order valence-electron chi connectivity index (χ2n) is 23.4. The molecule has 0 aromatic rings. The number of rotatable bonds is 64. The normalized spacial score (nSPS) is 12.8. The molecule has 6 heteroatoms. The van der Waals surface area contributed by atoms with E-state index in [1.165, 1.54) is 180 Å². The Bertz CT molecular complexity index is 1660. The average molecular weight is 1150 g/mol. The molecule has 0 spiro atoms. The zero-order chi connectivity index (χ0) is 59.9. The molecule has 1 unspecified atom stereocenters. The van der Waals surface area contributed by atoms with Gasteiger partial charge in [0.15, 0.2) is 6.10 Å². The molecule has 83 heavy (non-hydrogen) atoms. The van der Waals surface area contributed by atoms with Crippen molar-refractivity contribution < 1.29 is 28.6 Å². The van der Waals surface area contributed by atoms with E-state index in [0.29, 0.717) is 19.3 Å². The highest BCUT2D eigenvalue weighted by Crippen LogP contribution is 2.18. The van der Waals surface area contributed by atoms with Crippen LogP contribution in [0, 0.1) is 0 Å². The fourth-order valence-corrected chi connectivity index (χ4v) is 10.1. The average Bonchev–Trinajstić information content (AvgIpc) is 3.48. The summed E-state index contributed by atoms with van der Waals surface area (Å²) in [5, 5.41) is 0. The van der Waals surface area contributed by atoms with Gasteiger partial charge in [-0.1, -0.05) is 329 Å². The Hall–Kier alpha value is -3.93. The molecular weight excluding hydrogens is 1020 g/mol. The van der Waals surface area contributed by atoms with Crippen molar-refractivity contribution in [1.29, 1.82) is 0 Å². The second kappa shape index (κ2) is 70.6. The summed E-state index contributed by atoms with van der Waals surface area (Å²) in [7, 11) is 0. The van der Waals surface area contributed by atoms with Crippen molar-refractivity contribution in [3.63, 3.8) is 0 Å². The molecule has 0 N–H and O–H groups in total. The number of ether oxygens (including phenoxy) is 3. The Morgan fingerprint density at radius 2 is 0.470 bits per heavy atom. The minimum atomic E-state index is -0.793. The van der Waals surface area contributed by atoms with E-state index >= 15 is 0 Å². The van der Waals surface area contributed by atoms with Gasteiger partial charge in [-0.3, -0.25) is 14.4 Å². The molecule has 0 saturated heterocycles. The van der Waals surface area contributed by atoms with E-state index in [9.17, 15) is 14.4 Å². The van der Waals surface area contributed by atoms with Crippen LogP contribution in [-0.2, 0) is 28.6 Å². The third-order valence-corrected chi connectivity index (χ3v) is 15.3. The highest BCUT2D eigenvalue weighted by Gasteiger charge is 2.19. The van der Waals surface area contributed by atoms with Crippen molar-refractivity contribution in [3.05, 3.63) is 109 Å². The van der Waals surface area contributed by atoms with Crippen LogP contribution in [0.3, 0.4) is 0 Å². The molecule has 0 amide bonds. The number of allylic oxidation sites excluding steroid dienone is 18. The minimum Gasteiger partial charge on any atom is -0.462 e. The lowest BCUT2D eigenvalue weighted by atomic mass is 10.0. The van der Waals surface area contributed by atoms with E-state index in [-0.39, 0.29) is 31.1 Å². The van der Waals surface area contributed by atoms with Crippen LogP contribution in [0.2, 0.25) is 0 Å². The van der Waals surface area contributed by atoms with Crippen LogP contribution in [0.1, 0.15) is 342 Å². The van der Waals surface area contributed by atoms with Gasteiger partial charge in [-0.15, -0.1) is 0 Å². The van der Waals surface area contributed by atoms with Gasteiger partial charge in [0, 0.05) is 19.3 Å². The van der Waals surface area contributed by atoms with Gasteiger partial charge >= 0.3 is 17.9 Å². The Morgan fingerprint density at radius 3 is 0.747 bits per heavy atom. The molecule has 0 aromatic heterocycles. The predicted octanol–water partition coefficient (Wildman–Crippen LogP) is 24.6. The number of hydrogen-bond acceptors (Lipinski definition) is 6. The minimum absolute atomic E-state index is 0.0870. The number of carbonyl (C=O) groups is 3. The van der Waals surface area contributed by atoms with E-state index in [1.54, 1.807) is 0 Å². The number of carbonyl (C=O) groups excluding carboxylic acids is 3. The molecule has 0 fully saturated rings. The van der Waals surface area contributed by atoms with E-state index in [1.807, 2.05) is 0 Å². The summed E-state index contributed by atoms with van der Waals surface area (Å²) in [6, 6.07) is 0. The van der Waals surface area contributed by atoms with Crippen molar-refractivity contribution in [2.45, 2.75) is 348 Å². The maximum Gasteiger partial charge on any atom is 0.306 e. The first-order chi connectivity index (χ1) is 41.0. The fourth-order valence-electron chi connectivity index (χ4n) is 10.1. The first kappa shape index (κ1) is 79.1. The molecule has 0 heterocycles. The van der Waals surface area contributed by atoms with Crippen molar-refractivity contribution >= 4 is 17.9 Å². The van der Waals surface area contributed by atoms with Gasteiger partial charge in [-0.2, -0.15) is 0 Å². The fraction of sp³-hybridized carbons (Fsp3) is 0.727. The first-order valence-corrected chi connectivity index (χ1v) is 35.4. The monoisotopic (exact) mass is 1150 g/mol. The standard InChI is InChI=1S/C77H132O6/c1-4-7-10-13-16-19-22-24-26-28-30-31-32-33-34-35-36-37-38-39-40-41-42-43-44-45-47-48-50-52-55-58-61-64-67-70-76(79)82-73-74(72-81-75(78)69-66-63-60-57-54-21-18-15-12-9-6-3)83-77(80)71-68-65-62-59-56-53-51-49-46-29-27-25-23-20-17-14-11-8-5-2/h7-8,10-11,16-17,19-20,24-27,30-31,46,49,53,56,74H,4-6,9,12-15,18,21-23,28-29,32-45,47-48,50-52,54-55,57-73H2,1-3H3/b10-7-,11-8-,19-16-,20-17-,26-24-,27-25-,31-30-,49-46-,56-53-. The lowest BCUT2D eigenvalue weighted by Gasteiger charge is -2.18. The zero-order valence-electron chi connectivity index (χ0n) is 54.7. The summed E-state index contributed by atoms with van der Waals surface area (Å²) < 4.78 is 16.9. The summed E-state index contributed by atoms with van der Waals surface area (Å²) in [5.41, 5.74) is 0. The molecule has 0 aliphatic carbocycles. The van der Waals surface area contributed by atoms with Gasteiger partial charge in [0.1, 0.15) is 13.2 Å². The third kappa shape index (κ3) is 68.7. The van der Waals surface area contributed by atoms with Crippen LogP contribution in [0.25, 0.3) is 0 Å². The highest BCUT2D eigenvalue weighted by molar-refractivity contribution is 5.71. The van der Waals surface area contributed by atoms with Crippen molar-refractivity contribution in [2.75, 3.05) is 13.2 Å². The Kier molecular flexibility index (Phi) is 67.2. The summed E-state index contributed by atoms with van der Waals surface area (Å²) in [4.78, 5) is 38.3. The molecular formula is C77H132O6. The van der Waals surface area contributed by atoms with E-state index in [4.69, 9.17) is 14.2 Å². The van der Waals surface area contributed by atoms with Gasteiger partial charge in [0.25, 0.3) is 0 Å². The third-order valence-electron chi connectivity index (χ3n) is 15.3. The molecule has 476 valence electrons. The predicted molar refractivity (Wildman–Crippen MR) is 362 cm³/mol. The summed E-state index contributed by atoms with van der Waals surface area (Å²) in [6.45, 7) is 6.41. The number of unbranched alkanes of at least 4 members (excludes halogenated alkanes) is 35. The summed E-state index contributed by atoms with van der Waals surface area (Å²) in [5.74, 6) is -0.905. The first-order valence-electron chi connectivity index (χ1n) is 35.4.